The third kappa shape index (κ3) is 3.52. The van der Waals surface area contributed by atoms with E-state index in [-0.39, 0.29) is 17.9 Å². The van der Waals surface area contributed by atoms with E-state index >= 15 is 0 Å². The molecular formula is C9H9F5N2O. The molecule has 2 N–H and O–H groups in total. The average molecular weight is 256 g/mol. The van der Waals surface area contributed by atoms with Crippen molar-refractivity contribution in [2.45, 2.75) is 26.3 Å². The molecule has 0 radical (unpaired) electrons. The number of aryl methyl sites for hydroxylation is 1. The number of hydrogen-bond donors (Lipinski definition) is 1. The van der Waals surface area contributed by atoms with Crippen LogP contribution in [0.15, 0.2) is 6.07 Å². The van der Waals surface area contributed by atoms with Gasteiger partial charge in [-0.05, 0) is 13.0 Å². The molecule has 1 heterocycles. The summed E-state index contributed by atoms with van der Waals surface area (Å²) in [6, 6.07) is 0.614. The molecule has 0 aromatic carbocycles. The number of pyridine rings is 1. The Balaban J connectivity index is 3.20. The van der Waals surface area contributed by atoms with Gasteiger partial charge in [0, 0.05) is 12.1 Å². The van der Waals surface area contributed by atoms with Gasteiger partial charge in [0.2, 0.25) is 0 Å². The van der Waals surface area contributed by atoms with Gasteiger partial charge in [-0.25, -0.2) is 8.78 Å². The van der Waals surface area contributed by atoms with Crippen LogP contribution in [-0.4, -0.2) is 11.3 Å². The van der Waals surface area contributed by atoms with Crippen LogP contribution in [-0.2, 0) is 6.54 Å². The van der Waals surface area contributed by atoms with E-state index in [0.717, 1.165) is 0 Å². The summed E-state index contributed by atoms with van der Waals surface area (Å²) in [6.45, 7) is 0.933. The van der Waals surface area contributed by atoms with Crippen molar-refractivity contribution in [2.75, 3.05) is 0 Å². The summed E-state index contributed by atoms with van der Waals surface area (Å²) < 4.78 is 64.6. The molecule has 0 amide bonds. The van der Waals surface area contributed by atoms with Gasteiger partial charge >= 0.3 is 6.36 Å². The minimum Gasteiger partial charge on any atom is -0.404 e. The van der Waals surface area contributed by atoms with E-state index in [4.69, 9.17) is 5.73 Å². The van der Waals surface area contributed by atoms with E-state index in [1.165, 1.54) is 6.92 Å². The maximum atomic E-state index is 12.5. The predicted molar refractivity (Wildman–Crippen MR) is 48.5 cm³/mol. The van der Waals surface area contributed by atoms with Crippen LogP contribution in [0, 0.1) is 6.92 Å². The Morgan fingerprint density at radius 3 is 2.41 bits per heavy atom. The quantitative estimate of drug-likeness (QED) is 0.846. The molecule has 0 fully saturated rings. The van der Waals surface area contributed by atoms with Crippen molar-refractivity contribution in [3.63, 3.8) is 0 Å². The number of halogens is 5. The van der Waals surface area contributed by atoms with Gasteiger partial charge in [-0.1, -0.05) is 0 Å². The highest BCUT2D eigenvalue weighted by Crippen LogP contribution is 2.31. The van der Waals surface area contributed by atoms with E-state index in [9.17, 15) is 22.0 Å². The maximum Gasteiger partial charge on any atom is 0.573 e. The zero-order valence-corrected chi connectivity index (χ0v) is 8.68. The van der Waals surface area contributed by atoms with Crippen LogP contribution >= 0.6 is 0 Å². The Hall–Kier alpha value is -1.44. The summed E-state index contributed by atoms with van der Waals surface area (Å²) >= 11 is 0. The van der Waals surface area contributed by atoms with Gasteiger partial charge in [-0.15, -0.1) is 13.2 Å². The molecule has 0 aliphatic heterocycles. The lowest BCUT2D eigenvalue weighted by Gasteiger charge is -2.14. The zero-order valence-electron chi connectivity index (χ0n) is 8.68. The Morgan fingerprint density at radius 1 is 1.41 bits per heavy atom. The monoisotopic (exact) mass is 256 g/mol. The van der Waals surface area contributed by atoms with Crippen LogP contribution < -0.4 is 10.5 Å². The van der Waals surface area contributed by atoms with Gasteiger partial charge in [0.1, 0.15) is 0 Å². The molecular weight excluding hydrogens is 247 g/mol. The van der Waals surface area contributed by atoms with E-state index in [2.05, 4.69) is 9.72 Å². The smallest absolute Gasteiger partial charge is 0.404 e. The fraction of sp³-hybridized carbons (Fsp3) is 0.444. The Bertz CT molecular complexity index is 405. The number of hydrogen-bond acceptors (Lipinski definition) is 3. The highest BCUT2D eigenvalue weighted by molar-refractivity contribution is 5.36. The number of nitrogens with two attached hydrogens (primary N) is 1. The van der Waals surface area contributed by atoms with E-state index < -0.39 is 24.1 Å². The van der Waals surface area contributed by atoms with E-state index in [0.29, 0.717) is 6.07 Å². The minimum atomic E-state index is -4.95. The Kier molecular flexibility index (Phi) is 3.87. The summed E-state index contributed by atoms with van der Waals surface area (Å²) in [5.41, 5.74) is 4.23. The van der Waals surface area contributed by atoms with Crippen LogP contribution in [0.4, 0.5) is 22.0 Å². The van der Waals surface area contributed by atoms with Gasteiger partial charge in [-0.3, -0.25) is 4.98 Å². The van der Waals surface area contributed by atoms with E-state index in [1.54, 1.807) is 0 Å². The summed E-state index contributed by atoms with van der Waals surface area (Å²) in [6.07, 6.45) is -7.91. The molecule has 0 aliphatic carbocycles. The van der Waals surface area contributed by atoms with Crippen LogP contribution in [0.5, 0.6) is 5.75 Å². The highest BCUT2D eigenvalue weighted by Gasteiger charge is 2.32. The normalized spacial score (nSPS) is 12.0. The molecule has 17 heavy (non-hydrogen) atoms. The van der Waals surface area contributed by atoms with Crippen molar-refractivity contribution < 1.29 is 26.7 Å². The van der Waals surface area contributed by atoms with Gasteiger partial charge in [-0.2, -0.15) is 0 Å². The maximum absolute atomic E-state index is 12.5. The van der Waals surface area contributed by atoms with Crippen molar-refractivity contribution in [2.24, 2.45) is 5.73 Å². The molecule has 3 nitrogen and oxygen atoms in total. The topological polar surface area (TPSA) is 48.1 Å². The second-order valence-corrected chi connectivity index (χ2v) is 3.16. The predicted octanol–water partition coefficient (Wildman–Crippen LogP) is 2.68. The first-order chi connectivity index (χ1) is 7.74. The summed E-state index contributed by atoms with van der Waals surface area (Å²) in [7, 11) is 0. The van der Waals surface area contributed by atoms with Crippen molar-refractivity contribution >= 4 is 0 Å². The molecule has 1 rings (SSSR count). The molecule has 1 aromatic heterocycles. The molecule has 0 unspecified atom stereocenters. The number of nitrogens with zero attached hydrogens (tertiary/aromatic N) is 1. The van der Waals surface area contributed by atoms with Gasteiger partial charge in [0.15, 0.2) is 5.75 Å². The molecule has 0 atom stereocenters. The fourth-order valence-corrected chi connectivity index (χ4v) is 1.23. The number of alkyl halides is 5. The molecule has 0 bridgehead atoms. The number of aromatic nitrogens is 1. The Labute approximate surface area is 93.4 Å². The highest BCUT2D eigenvalue weighted by atomic mass is 19.4. The molecule has 8 heteroatoms. The van der Waals surface area contributed by atoms with Gasteiger partial charge in [0.25, 0.3) is 6.43 Å². The first-order valence-corrected chi connectivity index (χ1v) is 4.49. The average Bonchev–Trinajstić information content (AvgIpc) is 2.18. The third-order valence-corrected chi connectivity index (χ3v) is 1.93. The molecule has 0 saturated heterocycles. The molecule has 0 aliphatic rings. The standard InChI is InChI=1S/C9H9F5N2O/c1-4-7(17-9(12,13)14)2-5(8(10)11)6(3-15)16-4/h2,8H,3,15H2,1H3. The lowest BCUT2D eigenvalue weighted by atomic mass is 10.1. The van der Waals surface area contributed by atoms with Crippen molar-refractivity contribution in [1.29, 1.82) is 0 Å². The lowest BCUT2D eigenvalue weighted by molar-refractivity contribution is -0.275. The largest absolute Gasteiger partial charge is 0.573 e. The SMILES string of the molecule is Cc1nc(CN)c(C(F)F)cc1OC(F)(F)F. The van der Waals surface area contributed by atoms with Gasteiger partial charge < -0.3 is 10.5 Å². The molecule has 96 valence electrons. The second-order valence-electron chi connectivity index (χ2n) is 3.16. The zero-order chi connectivity index (χ0) is 13.2. The summed E-state index contributed by atoms with van der Waals surface area (Å²) in [5.74, 6) is -0.745. The molecule has 0 saturated carbocycles. The van der Waals surface area contributed by atoms with Crippen LogP contribution in [0.1, 0.15) is 23.4 Å². The number of rotatable bonds is 3. The summed E-state index contributed by atoms with van der Waals surface area (Å²) in [4.78, 5) is 3.57. The van der Waals surface area contributed by atoms with Crippen LogP contribution in [0.25, 0.3) is 0 Å². The van der Waals surface area contributed by atoms with Crippen LogP contribution in [0.3, 0.4) is 0 Å². The number of ether oxygens (including phenoxy) is 1. The second kappa shape index (κ2) is 4.82. The lowest BCUT2D eigenvalue weighted by Crippen LogP contribution is -2.19. The Morgan fingerprint density at radius 2 is 2.00 bits per heavy atom. The minimum absolute atomic E-state index is 0.146. The van der Waals surface area contributed by atoms with Crippen molar-refractivity contribution in [3.8, 4) is 5.75 Å². The van der Waals surface area contributed by atoms with Crippen LogP contribution in [0.2, 0.25) is 0 Å². The summed E-state index contributed by atoms with van der Waals surface area (Å²) in [5, 5.41) is 0. The van der Waals surface area contributed by atoms with Gasteiger partial charge in [0.05, 0.1) is 11.4 Å². The molecule has 1 aromatic rings. The van der Waals surface area contributed by atoms with Crippen molar-refractivity contribution in [3.05, 3.63) is 23.0 Å². The molecule has 0 spiro atoms. The first-order valence-electron chi connectivity index (χ1n) is 4.49. The first kappa shape index (κ1) is 13.6. The van der Waals surface area contributed by atoms with Crippen molar-refractivity contribution in [1.82, 2.24) is 4.98 Å². The third-order valence-electron chi connectivity index (χ3n) is 1.93. The van der Waals surface area contributed by atoms with E-state index in [1.807, 2.05) is 0 Å². The fourth-order valence-electron chi connectivity index (χ4n) is 1.23.